The SMILES string of the molecule is CC12CCC(=O)C3(C(=O)OC1CCCOCc1ccccc1)C(O)CCCC23. The number of carbonyl (C=O) groups excluding carboxylic acids is 2. The summed E-state index contributed by atoms with van der Waals surface area (Å²) in [5.74, 6) is -0.708. The first kappa shape index (κ1) is 19.6. The van der Waals surface area contributed by atoms with Crippen LogP contribution in [0.3, 0.4) is 0 Å². The maximum absolute atomic E-state index is 13.0. The van der Waals surface area contributed by atoms with Crippen molar-refractivity contribution >= 4 is 11.8 Å². The molecule has 1 saturated heterocycles. The average Bonchev–Trinajstić information content (AvgIpc) is 2.70. The van der Waals surface area contributed by atoms with Gasteiger partial charge in [0.25, 0.3) is 0 Å². The number of hydrogen-bond acceptors (Lipinski definition) is 5. The van der Waals surface area contributed by atoms with Gasteiger partial charge in [0, 0.05) is 18.4 Å². The van der Waals surface area contributed by atoms with E-state index in [0.717, 1.165) is 37.7 Å². The predicted octanol–water partition coefficient (Wildman–Crippen LogP) is 3.43. The molecule has 0 radical (unpaired) electrons. The number of Topliss-reactive ketones (excluding diaryl/α,β-unsaturated/α-hetero) is 1. The van der Waals surface area contributed by atoms with Gasteiger partial charge in [-0.15, -0.1) is 0 Å². The van der Waals surface area contributed by atoms with E-state index in [4.69, 9.17) is 9.47 Å². The molecule has 2 aliphatic carbocycles. The van der Waals surface area contributed by atoms with Crippen molar-refractivity contribution in [2.45, 2.75) is 70.7 Å². The van der Waals surface area contributed by atoms with E-state index < -0.39 is 17.5 Å². The fraction of sp³-hybridized carbons (Fsp3) is 0.652. The number of aliphatic hydroxyl groups is 1. The highest BCUT2D eigenvalue weighted by Gasteiger charge is 2.70. The maximum atomic E-state index is 13.0. The minimum atomic E-state index is -1.31. The van der Waals surface area contributed by atoms with Gasteiger partial charge in [0.15, 0.2) is 11.2 Å². The highest BCUT2D eigenvalue weighted by molar-refractivity contribution is 6.06. The van der Waals surface area contributed by atoms with Crippen LogP contribution in [-0.4, -0.2) is 35.7 Å². The van der Waals surface area contributed by atoms with Crippen LogP contribution in [0.25, 0.3) is 0 Å². The van der Waals surface area contributed by atoms with E-state index in [0.29, 0.717) is 26.1 Å². The van der Waals surface area contributed by atoms with Crippen LogP contribution in [0.4, 0.5) is 0 Å². The normalized spacial score (nSPS) is 37.3. The summed E-state index contributed by atoms with van der Waals surface area (Å²) in [5, 5.41) is 10.7. The molecular weight excluding hydrogens is 356 g/mol. The molecule has 5 heteroatoms. The summed E-state index contributed by atoms with van der Waals surface area (Å²) in [7, 11) is 0. The Balaban J connectivity index is 1.41. The Kier molecular flexibility index (Phi) is 5.32. The Morgan fingerprint density at radius 2 is 2.00 bits per heavy atom. The fourth-order valence-corrected chi connectivity index (χ4v) is 5.86. The number of ketones is 1. The summed E-state index contributed by atoms with van der Waals surface area (Å²) >= 11 is 0. The van der Waals surface area contributed by atoms with Gasteiger partial charge in [-0.2, -0.15) is 0 Å². The second kappa shape index (κ2) is 7.60. The zero-order valence-corrected chi connectivity index (χ0v) is 16.6. The summed E-state index contributed by atoms with van der Waals surface area (Å²) in [5.41, 5.74) is -0.417. The van der Waals surface area contributed by atoms with E-state index in [2.05, 4.69) is 6.92 Å². The molecule has 1 N–H and O–H groups in total. The standard InChI is InChI=1S/C23H30O5/c1-22-13-12-19(25)23(17(22)9-5-10-18(23)24)21(26)28-20(22)11-6-14-27-15-16-7-3-2-4-8-16/h2-4,7-8,17-18,20,24H,5-6,9-15H2,1H3. The topological polar surface area (TPSA) is 72.8 Å². The lowest BCUT2D eigenvalue weighted by molar-refractivity contribution is -0.234. The molecular formula is C23H30O5. The monoisotopic (exact) mass is 386 g/mol. The van der Waals surface area contributed by atoms with E-state index in [-0.39, 0.29) is 23.2 Å². The van der Waals surface area contributed by atoms with Gasteiger partial charge in [-0.05, 0) is 43.6 Å². The van der Waals surface area contributed by atoms with Crippen molar-refractivity contribution in [2.24, 2.45) is 16.7 Å². The Morgan fingerprint density at radius 1 is 1.21 bits per heavy atom. The first-order valence-corrected chi connectivity index (χ1v) is 10.5. The highest BCUT2D eigenvalue weighted by Crippen LogP contribution is 2.62. The third-order valence-electron chi connectivity index (χ3n) is 7.38. The maximum Gasteiger partial charge on any atom is 0.322 e. The van der Waals surface area contributed by atoms with Crippen molar-refractivity contribution in [3.8, 4) is 0 Å². The Morgan fingerprint density at radius 3 is 2.79 bits per heavy atom. The van der Waals surface area contributed by atoms with Crippen molar-refractivity contribution in [3.63, 3.8) is 0 Å². The van der Waals surface area contributed by atoms with E-state index in [1.54, 1.807) is 0 Å². The molecule has 0 amide bonds. The molecule has 2 bridgehead atoms. The van der Waals surface area contributed by atoms with Gasteiger partial charge < -0.3 is 14.6 Å². The number of ether oxygens (including phenoxy) is 2. The van der Waals surface area contributed by atoms with E-state index in [9.17, 15) is 14.7 Å². The quantitative estimate of drug-likeness (QED) is 0.461. The zero-order chi connectivity index (χ0) is 19.8. The number of aliphatic hydroxyl groups excluding tert-OH is 1. The van der Waals surface area contributed by atoms with Crippen molar-refractivity contribution in [3.05, 3.63) is 35.9 Å². The van der Waals surface area contributed by atoms with Gasteiger partial charge in [0.05, 0.1) is 12.7 Å². The first-order valence-electron chi connectivity index (χ1n) is 10.5. The fourth-order valence-electron chi connectivity index (χ4n) is 5.86. The third kappa shape index (κ3) is 3.00. The van der Waals surface area contributed by atoms with E-state index in [1.807, 2.05) is 30.3 Å². The average molecular weight is 386 g/mol. The van der Waals surface area contributed by atoms with E-state index >= 15 is 0 Å². The van der Waals surface area contributed by atoms with Crippen LogP contribution >= 0.6 is 0 Å². The van der Waals surface area contributed by atoms with E-state index in [1.165, 1.54) is 0 Å². The Bertz CT molecular complexity index is 732. The van der Waals surface area contributed by atoms with Crippen molar-refractivity contribution in [2.75, 3.05) is 6.61 Å². The summed E-state index contributed by atoms with van der Waals surface area (Å²) in [6.07, 6.45) is 3.69. The zero-order valence-electron chi connectivity index (χ0n) is 16.6. The Labute approximate surface area is 166 Å². The van der Waals surface area contributed by atoms with Gasteiger partial charge in [-0.1, -0.05) is 43.7 Å². The second-order valence-corrected chi connectivity index (χ2v) is 8.87. The first-order chi connectivity index (χ1) is 13.5. The van der Waals surface area contributed by atoms with Gasteiger partial charge in [0.2, 0.25) is 0 Å². The number of cyclic esters (lactones) is 1. The smallest absolute Gasteiger partial charge is 0.322 e. The van der Waals surface area contributed by atoms with Crippen LogP contribution in [0.15, 0.2) is 30.3 Å². The third-order valence-corrected chi connectivity index (χ3v) is 7.38. The molecule has 0 spiro atoms. The van der Waals surface area contributed by atoms with Crippen molar-refractivity contribution in [1.82, 2.24) is 0 Å². The van der Waals surface area contributed by atoms with Crippen LogP contribution < -0.4 is 0 Å². The summed E-state index contributed by atoms with van der Waals surface area (Å²) in [4.78, 5) is 25.8. The molecule has 4 rings (SSSR count). The lowest BCUT2D eigenvalue weighted by atomic mass is 9.46. The summed E-state index contributed by atoms with van der Waals surface area (Å²) in [6, 6.07) is 10.1. The summed E-state index contributed by atoms with van der Waals surface area (Å²) < 4.78 is 11.6. The van der Waals surface area contributed by atoms with Crippen LogP contribution in [0.2, 0.25) is 0 Å². The van der Waals surface area contributed by atoms with Crippen LogP contribution in [-0.2, 0) is 25.7 Å². The molecule has 0 aromatic heterocycles. The molecule has 1 aromatic carbocycles. The molecule has 28 heavy (non-hydrogen) atoms. The molecule has 1 aromatic rings. The minimum absolute atomic E-state index is 0.110. The van der Waals surface area contributed by atoms with Gasteiger partial charge in [0.1, 0.15) is 6.10 Å². The minimum Gasteiger partial charge on any atom is -0.461 e. The molecule has 5 unspecified atom stereocenters. The molecule has 1 aliphatic heterocycles. The molecule has 3 fully saturated rings. The Hall–Kier alpha value is -1.72. The predicted molar refractivity (Wildman–Crippen MR) is 103 cm³/mol. The molecule has 5 nitrogen and oxygen atoms in total. The largest absolute Gasteiger partial charge is 0.461 e. The number of hydrogen-bond donors (Lipinski definition) is 1. The second-order valence-electron chi connectivity index (χ2n) is 8.87. The molecule has 152 valence electrons. The van der Waals surface area contributed by atoms with Crippen LogP contribution in [0.1, 0.15) is 57.4 Å². The molecule has 5 atom stereocenters. The molecule has 1 heterocycles. The lowest BCUT2D eigenvalue weighted by Crippen LogP contribution is -2.69. The van der Waals surface area contributed by atoms with Crippen LogP contribution in [0, 0.1) is 16.7 Å². The number of rotatable bonds is 6. The van der Waals surface area contributed by atoms with Gasteiger partial charge >= 0.3 is 5.97 Å². The molecule has 2 saturated carbocycles. The molecule has 3 aliphatic rings. The number of carbonyl (C=O) groups is 2. The number of esters is 1. The van der Waals surface area contributed by atoms with Gasteiger partial charge in [-0.3, -0.25) is 9.59 Å². The van der Waals surface area contributed by atoms with Crippen molar-refractivity contribution < 1.29 is 24.2 Å². The van der Waals surface area contributed by atoms with Gasteiger partial charge in [-0.25, -0.2) is 0 Å². The van der Waals surface area contributed by atoms with Crippen molar-refractivity contribution in [1.29, 1.82) is 0 Å². The number of benzene rings is 1. The summed E-state index contributed by atoms with van der Waals surface area (Å²) in [6.45, 7) is 3.34. The lowest BCUT2D eigenvalue weighted by Gasteiger charge is -2.60. The van der Waals surface area contributed by atoms with Crippen LogP contribution in [0.5, 0.6) is 0 Å². The highest BCUT2D eigenvalue weighted by atomic mass is 16.6.